The molecule has 0 aliphatic heterocycles. The van der Waals surface area contributed by atoms with Gasteiger partial charge in [-0.3, -0.25) is 0 Å². The lowest BCUT2D eigenvalue weighted by Crippen LogP contribution is -2.08. The molecule has 0 atom stereocenters. The molecular weight excluding hydrogens is 285 g/mol. The summed E-state index contributed by atoms with van der Waals surface area (Å²) in [5.41, 5.74) is 1.69. The van der Waals surface area contributed by atoms with Crippen molar-refractivity contribution in [3.05, 3.63) is 23.1 Å². The average Bonchev–Trinajstić information content (AvgIpc) is 2.72. The molecule has 4 nitrogen and oxygen atoms in total. The van der Waals surface area contributed by atoms with Crippen LogP contribution in [0, 0.1) is 0 Å². The molecule has 0 radical (unpaired) electrons. The first-order valence-corrected chi connectivity index (χ1v) is 7.32. The van der Waals surface area contributed by atoms with Gasteiger partial charge in [0.15, 0.2) is 5.65 Å². The Hall–Kier alpha value is -0.840. The van der Waals surface area contributed by atoms with Crippen LogP contribution in [0.5, 0.6) is 0 Å². The molecule has 0 N–H and O–H groups in total. The number of alkyl halides is 1. The van der Waals surface area contributed by atoms with E-state index in [1.54, 1.807) is 6.20 Å². The second-order valence-electron chi connectivity index (χ2n) is 4.17. The molecule has 0 saturated carbocycles. The van der Waals surface area contributed by atoms with Gasteiger partial charge >= 0.3 is 0 Å². The van der Waals surface area contributed by atoms with E-state index in [4.69, 9.17) is 27.9 Å². The Bertz CT molecular complexity index is 542. The van der Waals surface area contributed by atoms with Gasteiger partial charge in [-0.1, -0.05) is 11.6 Å². The summed E-state index contributed by atoms with van der Waals surface area (Å²) in [6.07, 6.45) is 3.30. The van der Waals surface area contributed by atoms with Crippen LogP contribution in [-0.4, -0.2) is 33.6 Å². The first-order valence-electron chi connectivity index (χ1n) is 6.40. The molecule has 0 bridgehead atoms. The fourth-order valence-corrected chi connectivity index (χ4v) is 2.33. The number of hydrogen-bond donors (Lipinski definition) is 0. The third-order valence-electron chi connectivity index (χ3n) is 2.82. The van der Waals surface area contributed by atoms with Gasteiger partial charge in [-0.2, -0.15) is 0 Å². The summed E-state index contributed by atoms with van der Waals surface area (Å²) >= 11 is 11.8. The van der Waals surface area contributed by atoms with E-state index in [0.717, 1.165) is 49.6 Å². The molecule has 0 saturated heterocycles. The second-order valence-corrected chi connectivity index (χ2v) is 4.98. The van der Waals surface area contributed by atoms with Crippen molar-refractivity contribution in [1.82, 2.24) is 14.5 Å². The van der Waals surface area contributed by atoms with Crippen LogP contribution in [0.1, 0.15) is 19.2 Å². The minimum atomic E-state index is 0.544. The van der Waals surface area contributed by atoms with Gasteiger partial charge in [0.2, 0.25) is 0 Å². The summed E-state index contributed by atoms with van der Waals surface area (Å²) in [5, 5.41) is 0.601. The first kappa shape index (κ1) is 14.6. The van der Waals surface area contributed by atoms with Gasteiger partial charge < -0.3 is 9.30 Å². The van der Waals surface area contributed by atoms with Gasteiger partial charge in [0, 0.05) is 38.3 Å². The molecule has 2 aromatic rings. The van der Waals surface area contributed by atoms with Crippen molar-refractivity contribution in [3.8, 4) is 0 Å². The van der Waals surface area contributed by atoms with Gasteiger partial charge in [0.1, 0.15) is 11.3 Å². The maximum atomic E-state index is 5.95. The Labute approximate surface area is 122 Å². The van der Waals surface area contributed by atoms with E-state index in [1.807, 2.05) is 13.0 Å². The van der Waals surface area contributed by atoms with Gasteiger partial charge in [-0.05, 0) is 19.4 Å². The molecule has 0 aliphatic rings. The molecule has 104 valence electrons. The van der Waals surface area contributed by atoms with Crippen LogP contribution in [0.25, 0.3) is 11.2 Å². The molecule has 19 heavy (non-hydrogen) atoms. The Morgan fingerprint density at radius 3 is 3.00 bits per heavy atom. The topological polar surface area (TPSA) is 39.9 Å². The highest BCUT2D eigenvalue weighted by atomic mass is 35.5. The Balaban J connectivity index is 2.24. The normalized spacial score (nSPS) is 11.3. The number of ether oxygens (including phenoxy) is 1. The predicted molar refractivity (Wildman–Crippen MR) is 78.1 cm³/mol. The Kier molecular flexibility index (Phi) is 5.43. The molecule has 0 amide bonds. The summed E-state index contributed by atoms with van der Waals surface area (Å²) < 4.78 is 7.47. The molecule has 0 unspecified atom stereocenters. The number of aryl methyl sites for hydroxylation is 2. The molecule has 0 spiro atoms. The third-order valence-corrected chi connectivity index (χ3v) is 3.22. The van der Waals surface area contributed by atoms with Crippen molar-refractivity contribution < 1.29 is 4.74 Å². The summed E-state index contributed by atoms with van der Waals surface area (Å²) in [6, 6.07) is 1.83. The van der Waals surface area contributed by atoms with E-state index in [2.05, 4.69) is 14.5 Å². The molecule has 2 aromatic heterocycles. The molecule has 0 aromatic carbocycles. The average molecular weight is 302 g/mol. The fourth-order valence-electron chi connectivity index (χ4n) is 2.01. The smallest absolute Gasteiger partial charge is 0.160 e. The van der Waals surface area contributed by atoms with Gasteiger partial charge in [0.25, 0.3) is 0 Å². The Morgan fingerprint density at radius 1 is 1.42 bits per heavy atom. The van der Waals surface area contributed by atoms with E-state index in [1.165, 1.54) is 0 Å². The van der Waals surface area contributed by atoms with Crippen LogP contribution in [-0.2, 0) is 17.7 Å². The van der Waals surface area contributed by atoms with Gasteiger partial charge in [-0.15, -0.1) is 11.6 Å². The SMILES string of the molecule is CCOCCCn1c(CCCl)nc2cc(Cl)cnc21. The number of fused-ring (bicyclic) bond motifs is 1. The summed E-state index contributed by atoms with van der Waals surface area (Å²) in [5.74, 6) is 1.50. The number of aromatic nitrogens is 3. The number of halogens is 2. The van der Waals surface area contributed by atoms with E-state index in [-0.39, 0.29) is 0 Å². The van der Waals surface area contributed by atoms with Crippen molar-refractivity contribution in [2.45, 2.75) is 26.3 Å². The van der Waals surface area contributed by atoms with Crippen molar-refractivity contribution in [3.63, 3.8) is 0 Å². The number of nitrogens with zero attached hydrogens (tertiary/aromatic N) is 3. The van der Waals surface area contributed by atoms with E-state index < -0.39 is 0 Å². The van der Waals surface area contributed by atoms with E-state index >= 15 is 0 Å². The summed E-state index contributed by atoms with van der Waals surface area (Å²) in [4.78, 5) is 8.92. The van der Waals surface area contributed by atoms with Crippen LogP contribution >= 0.6 is 23.2 Å². The zero-order chi connectivity index (χ0) is 13.7. The van der Waals surface area contributed by atoms with Crippen LogP contribution < -0.4 is 0 Å². The van der Waals surface area contributed by atoms with Crippen molar-refractivity contribution >= 4 is 34.4 Å². The maximum Gasteiger partial charge on any atom is 0.160 e. The number of rotatable bonds is 7. The third kappa shape index (κ3) is 3.59. The minimum absolute atomic E-state index is 0.544. The van der Waals surface area contributed by atoms with Crippen LogP contribution in [0.15, 0.2) is 12.3 Å². The van der Waals surface area contributed by atoms with Crippen LogP contribution in [0.3, 0.4) is 0 Å². The monoisotopic (exact) mass is 301 g/mol. The van der Waals surface area contributed by atoms with Gasteiger partial charge in [0.05, 0.1) is 5.02 Å². The quantitative estimate of drug-likeness (QED) is 0.582. The summed E-state index contributed by atoms with van der Waals surface area (Å²) in [7, 11) is 0. The van der Waals surface area contributed by atoms with Gasteiger partial charge in [-0.25, -0.2) is 9.97 Å². The lowest BCUT2D eigenvalue weighted by Gasteiger charge is -2.07. The number of imidazole rings is 1. The molecule has 0 fully saturated rings. The lowest BCUT2D eigenvalue weighted by atomic mass is 10.4. The Morgan fingerprint density at radius 2 is 2.26 bits per heavy atom. The number of pyridine rings is 1. The van der Waals surface area contributed by atoms with E-state index in [0.29, 0.717) is 10.9 Å². The largest absolute Gasteiger partial charge is 0.382 e. The molecular formula is C13H17Cl2N3O. The van der Waals surface area contributed by atoms with Crippen molar-refractivity contribution in [2.75, 3.05) is 19.1 Å². The molecule has 0 aliphatic carbocycles. The van der Waals surface area contributed by atoms with Crippen LogP contribution in [0.4, 0.5) is 0 Å². The lowest BCUT2D eigenvalue weighted by molar-refractivity contribution is 0.141. The van der Waals surface area contributed by atoms with Crippen LogP contribution in [0.2, 0.25) is 5.02 Å². The zero-order valence-corrected chi connectivity index (χ0v) is 12.4. The first-order chi connectivity index (χ1) is 9.26. The minimum Gasteiger partial charge on any atom is -0.382 e. The predicted octanol–water partition coefficient (Wildman–Crippen LogP) is 3.29. The zero-order valence-electron chi connectivity index (χ0n) is 10.9. The van der Waals surface area contributed by atoms with Crippen molar-refractivity contribution in [2.24, 2.45) is 0 Å². The highest BCUT2D eigenvalue weighted by molar-refractivity contribution is 6.31. The second kappa shape index (κ2) is 7.08. The summed E-state index contributed by atoms with van der Waals surface area (Å²) in [6.45, 7) is 4.31. The number of hydrogen-bond acceptors (Lipinski definition) is 3. The highest BCUT2D eigenvalue weighted by Crippen LogP contribution is 2.19. The molecule has 2 heterocycles. The highest BCUT2D eigenvalue weighted by Gasteiger charge is 2.11. The van der Waals surface area contributed by atoms with E-state index in [9.17, 15) is 0 Å². The fraction of sp³-hybridized carbons (Fsp3) is 0.538. The molecule has 2 rings (SSSR count). The standard InChI is InChI=1S/C13H17Cl2N3O/c1-2-19-7-3-6-18-12(4-5-14)17-11-8-10(15)9-16-13(11)18/h8-9H,2-7H2,1H3. The maximum absolute atomic E-state index is 5.95. The molecule has 6 heteroatoms. The van der Waals surface area contributed by atoms with Crippen molar-refractivity contribution in [1.29, 1.82) is 0 Å².